The van der Waals surface area contributed by atoms with Crippen LogP contribution in [0, 0.1) is 0 Å². The summed E-state index contributed by atoms with van der Waals surface area (Å²) >= 11 is 12.0. The van der Waals surface area contributed by atoms with Crippen molar-refractivity contribution >= 4 is 35.1 Å². The lowest BCUT2D eigenvalue weighted by molar-refractivity contribution is 0.340. The number of halogens is 2. The molecule has 0 atom stereocenters. The van der Waals surface area contributed by atoms with E-state index in [4.69, 9.17) is 27.9 Å². The van der Waals surface area contributed by atoms with Gasteiger partial charge in [-0.1, -0.05) is 29.3 Å². The van der Waals surface area contributed by atoms with E-state index in [1.807, 2.05) is 37.3 Å². The Labute approximate surface area is 128 Å². The van der Waals surface area contributed by atoms with Gasteiger partial charge in [0, 0.05) is 5.02 Å². The summed E-state index contributed by atoms with van der Waals surface area (Å²) in [5, 5.41) is 5.37. The molecule has 5 heteroatoms. The number of hydrogen-bond donors (Lipinski definition) is 1. The second-order valence-corrected chi connectivity index (χ2v) is 4.85. The fourth-order valence-corrected chi connectivity index (χ4v) is 2.04. The van der Waals surface area contributed by atoms with Gasteiger partial charge in [0.15, 0.2) is 0 Å². The van der Waals surface area contributed by atoms with Gasteiger partial charge < -0.3 is 4.74 Å². The number of anilines is 1. The van der Waals surface area contributed by atoms with Gasteiger partial charge in [0.05, 0.1) is 23.5 Å². The Hall–Kier alpha value is -1.71. The number of rotatable bonds is 5. The average Bonchev–Trinajstić information content (AvgIpc) is 2.42. The maximum atomic E-state index is 6.10. The first kappa shape index (κ1) is 14.7. The van der Waals surface area contributed by atoms with Crippen molar-refractivity contribution in [1.29, 1.82) is 0 Å². The zero-order valence-corrected chi connectivity index (χ0v) is 12.4. The molecule has 0 radical (unpaired) electrons. The second kappa shape index (κ2) is 7.17. The molecule has 0 amide bonds. The minimum Gasteiger partial charge on any atom is -0.492 e. The standard InChI is InChI=1S/C15H14Cl2N2O/c1-2-20-15-7-6-11(8-14(15)17)10-18-19-13-5-3-4-12(16)9-13/h3-10,19H,2H2,1H3. The highest BCUT2D eigenvalue weighted by molar-refractivity contribution is 6.32. The molecule has 0 saturated heterocycles. The van der Waals surface area contributed by atoms with Crippen molar-refractivity contribution in [3.63, 3.8) is 0 Å². The second-order valence-electron chi connectivity index (χ2n) is 4.00. The molecule has 0 unspecified atom stereocenters. The highest BCUT2D eigenvalue weighted by atomic mass is 35.5. The van der Waals surface area contributed by atoms with E-state index in [9.17, 15) is 0 Å². The quantitative estimate of drug-likeness (QED) is 0.633. The van der Waals surface area contributed by atoms with Crippen molar-refractivity contribution in [2.75, 3.05) is 12.0 Å². The largest absolute Gasteiger partial charge is 0.492 e. The van der Waals surface area contributed by atoms with Gasteiger partial charge in [-0.3, -0.25) is 5.43 Å². The summed E-state index contributed by atoms with van der Waals surface area (Å²) in [4.78, 5) is 0. The maximum Gasteiger partial charge on any atom is 0.137 e. The van der Waals surface area contributed by atoms with Gasteiger partial charge in [0.25, 0.3) is 0 Å². The molecule has 0 heterocycles. The predicted molar refractivity (Wildman–Crippen MR) is 85.3 cm³/mol. The van der Waals surface area contributed by atoms with E-state index in [0.717, 1.165) is 11.3 Å². The lowest BCUT2D eigenvalue weighted by atomic mass is 10.2. The molecule has 0 aromatic heterocycles. The molecule has 0 bridgehead atoms. The van der Waals surface area contributed by atoms with Gasteiger partial charge in [0.2, 0.25) is 0 Å². The predicted octanol–water partition coefficient (Wildman–Crippen LogP) is 4.84. The van der Waals surface area contributed by atoms with Crippen molar-refractivity contribution < 1.29 is 4.74 Å². The summed E-state index contributed by atoms with van der Waals surface area (Å²) < 4.78 is 5.37. The van der Waals surface area contributed by atoms with Crippen LogP contribution in [0.4, 0.5) is 5.69 Å². The van der Waals surface area contributed by atoms with Crippen LogP contribution in [0.25, 0.3) is 0 Å². The number of nitrogens with one attached hydrogen (secondary N) is 1. The van der Waals surface area contributed by atoms with Gasteiger partial charge in [-0.2, -0.15) is 5.10 Å². The third-order valence-corrected chi connectivity index (χ3v) is 3.02. The van der Waals surface area contributed by atoms with E-state index in [2.05, 4.69) is 10.5 Å². The smallest absolute Gasteiger partial charge is 0.137 e. The SMILES string of the molecule is CCOc1ccc(C=NNc2cccc(Cl)c2)cc1Cl. The van der Waals surface area contributed by atoms with Crippen LogP contribution in [0.2, 0.25) is 10.0 Å². The van der Waals surface area contributed by atoms with E-state index in [1.165, 1.54) is 0 Å². The van der Waals surface area contributed by atoms with Gasteiger partial charge in [0.1, 0.15) is 5.75 Å². The third kappa shape index (κ3) is 4.15. The summed E-state index contributed by atoms with van der Waals surface area (Å²) in [6, 6.07) is 12.9. The molecule has 104 valence electrons. The number of ether oxygens (including phenoxy) is 1. The van der Waals surface area contributed by atoms with E-state index in [0.29, 0.717) is 22.4 Å². The number of nitrogens with zero attached hydrogens (tertiary/aromatic N) is 1. The molecule has 2 aromatic carbocycles. The van der Waals surface area contributed by atoms with Crippen LogP contribution in [0.15, 0.2) is 47.6 Å². The normalized spacial score (nSPS) is 10.8. The molecule has 0 spiro atoms. The van der Waals surface area contributed by atoms with Crippen LogP contribution in [0.3, 0.4) is 0 Å². The third-order valence-electron chi connectivity index (χ3n) is 2.49. The summed E-state index contributed by atoms with van der Waals surface area (Å²) in [7, 11) is 0. The maximum absolute atomic E-state index is 6.10. The summed E-state index contributed by atoms with van der Waals surface area (Å²) in [5.41, 5.74) is 4.61. The molecule has 0 aliphatic heterocycles. The van der Waals surface area contributed by atoms with Gasteiger partial charge in [-0.15, -0.1) is 0 Å². The minimum atomic E-state index is 0.568. The fraction of sp³-hybridized carbons (Fsp3) is 0.133. The Bertz CT molecular complexity index is 615. The van der Waals surface area contributed by atoms with Crippen molar-refractivity contribution in [3.8, 4) is 5.75 Å². The average molecular weight is 309 g/mol. The number of benzene rings is 2. The Kier molecular flexibility index (Phi) is 5.27. The van der Waals surface area contributed by atoms with Crippen molar-refractivity contribution in [3.05, 3.63) is 58.1 Å². The number of hydrogen-bond acceptors (Lipinski definition) is 3. The molecule has 2 aromatic rings. The van der Waals surface area contributed by atoms with E-state index >= 15 is 0 Å². The van der Waals surface area contributed by atoms with E-state index < -0.39 is 0 Å². The molecular formula is C15H14Cl2N2O. The van der Waals surface area contributed by atoms with Crippen LogP contribution in [-0.4, -0.2) is 12.8 Å². The molecule has 1 N–H and O–H groups in total. The lowest BCUT2D eigenvalue weighted by Crippen LogP contribution is -1.94. The molecule has 0 aliphatic carbocycles. The minimum absolute atomic E-state index is 0.568. The zero-order chi connectivity index (χ0) is 14.4. The van der Waals surface area contributed by atoms with Gasteiger partial charge in [-0.05, 0) is 48.9 Å². The lowest BCUT2D eigenvalue weighted by Gasteiger charge is -2.05. The Morgan fingerprint density at radius 1 is 1.20 bits per heavy atom. The van der Waals surface area contributed by atoms with Crippen LogP contribution >= 0.6 is 23.2 Å². The topological polar surface area (TPSA) is 33.6 Å². The van der Waals surface area contributed by atoms with Crippen LogP contribution in [-0.2, 0) is 0 Å². The Morgan fingerprint density at radius 3 is 2.75 bits per heavy atom. The van der Waals surface area contributed by atoms with Crippen LogP contribution in [0.5, 0.6) is 5.75 Å². The highest BCUT2D eigenvalue weighted by Crippen LogP contribution is 2.24. The molecule has 0 fully saturated rings. The molecule has 20 heavy (non-hydrogen) atoms. The number of hydrazone groups is 1. The van der Waals surface area contributed by atoms with Crippen LogP contribution in [0.1, 0.15) is 12.5 Å². The van der Waals surface area contributed by atoms with Crippen molar-refractivity contribution in [1.82, 2.24) is 0 Å². The highest BCUT2D eigenvalue weighted by Gasteiger charge is 2.00. The fourth-order valence-electron chi connectivity index (χ4n) is 1.61. The van der Waals surface area contributed by atoms with E-state index in [-0.39, 0.29) is 0 Å². The summed E-state index contributed by atoms with van der Waals surface area (Å²) in [6.07, 6.45) is 1.68. The van der Waals surface area contributed by atoms with E-state index in [1.54, 1.807) is 18.3 Å². The monoisotopic (exact) mass is 308 g/mol. The summed E-state index contributed by atoms with van der Waals surface area (Å²) in [5.74, 6) is 0.675. The Morgan fingerprint density at radius 2 is 2.05 bits per heavy atom. The molecule has 0 aliphatic rings. The van der Waals surface area contributed by atoms with Crippen molar-refractivity contribution in [2.45, 2.75) is 6.92 Å². The summed E-state index contributed by atoms with van der Waals surface area (Å²) in [6.45, 7) is 2.50. The molecule has 2 rings (SSSR count). The molecule has 0 saturated carbocycles. The zero-order valence-electron chi connectivity index (χ0n) is 10.9. The van der Waals surface area contributed by atoms with Gasteiger partial charge >= 0.3 is 0 Å². The first-order valence-corrected chi connectivity index (χ1v) is 6.91. The Balaban J connectivity index is 2.02. The first-order valence-electron chi connectivity index (χ1n) is 6.16. The molecular weight excluding hydrogens is 295 g/mol. The first-order chi connectivity index (χ1) is 9.69. The van der Waals surface area contributed by atoms with Gasteiger partial charge in [-0.25, -0.2) is 0 Å². The van der Waals surface area contributed by atoms with Crippen molar-refractivity contribution in [2.24, 2.45) is 5.10 Å². The van der Waals surface area contributed by atoms with Crippen LogP contribution < -0.4 is 10.2 Å². The molecule has 3 nitrogen and oxygen atoms in total.